The predicted octanol–water partition coefficient (Wildman–Crippen LogP) is 1.16. The third-order valence-corrected chi connectivity index (χ3v) is 6.19. The number of carbonyl (C=O) groups excluding carboxylic acids is 1. The largest absolute Gasteiger partial charge is 0.469 e. The molecule has 1 aromatic rings. The lowest BCUT2D eigenvalue weighted by atomic mass is 10.2. The number of ether oxygens (including phenoxy) is 1. The summed E-state index contributed by atoms with van der Waals surface area (Å²) in [5.74, 6) is 1.33. The molecule has 0 aromatic heterocycles. The topological polar surface area (TPSA) is 36.0 Å². The number of esters is 1. The Balaban J connectivity index is 1.13. The average molecular weight is 343 g/mol. The van der Waals surface area contributed by atoms with Gasteiger partial charge in [0.15, 0.2) is 0 Å². The minimum Gasteiger partial charge on any atom is -0.469 e. The molecule has 3 fully saturated rings. The van der Waals surface area contributed by atoms with Crippen molar-refractivity contribution in [2.45, 2.75) is 6.54 Å². The van der Waals surface area contributed by atoms with Crippen LogP contribution in [0, 0.1) is 17.8 Å². The Morgan fingerprint density at radius 3 is 2.20 bits per heavy atom. The summed E-state index contributed by atoms with van der Waals surface area (Å²) in [5.41, 5.74) is 1.41. The van der Waals surface area contributed by atoms with Gasteiger partial charge < -0.3 is 9.64 Å². The van der Waals surface area contributed by atoms with Crippen molar-refractivity contribution in [3.05, 3.63) is 35.9 Å². The molecule has 1 aliphatic carbocycles. The molecule has 1 aromatic carbocycles. The van der Waals surface area contributed by atoms with Gasteiger partial charge in [-0.2, -0.15) is 0 Å². The number of benzene rings is 1. The molecule has 0 amide bonds. The SMILES string of the molecule is COC(=O)C1[C@H]2CN(CCN3CCN(Cc4ccccc4)CC3)C[C@@H]12. The molecule has 4 rings (SSSR count). The Morgan fingerprint density at radius 1 is 0.960 bits per heavy atom. The van der Waals surface area contributed by atoms with Crippen molar-refractivity contribution in [2.75, 3.05) is 59.5 Å². The number of hydrogen-bond acceptors (Lipinski definition) is 5. The van der Waals surface area contributed by atoms with E-state index >= 15 is 0 Å². The summed E-state index contributed by atoms with van der Waals surface area (Å²) in [6.45, 7) is 10.2. The molecular formula is C20H29N3O2. The van der Waals surface area contributed by atoms with Crippen molar-refractivity contribution >= 4 is 5.97 Å². The first-order valence-corrected chi connectivity index (χ1v) is 9.53. The third-order valence-electron chi connectivity index (χ3n) is 6.19. The van der Waals surface area contributed by atoms with Gasteiger partial charge in [-0.3, -0.25) is 14.6 Å². The van der Waals surface area contributed by atoms with Crippen molar-refractivity contribution in [3.63, 3.8) is 0 Å². The molecule has 5 heteroatoms. The molecule has 25 heavy (non-hydrogen) atoms. The summed E-state index contributed by atoms with van der Waals surface area (Å²) >= 11 is 0. The highest BCUT2D eigenvalue weighted by atomic mass is 16.5. The van der Waals surface area contributed by atoms with Gasteiger partial charge in [-0.05, 0) is 17.4 Å². The van der Waals surface area contributed by atoms with Crippen LogP contribution >= 0.6 is 0 Å². The van der Waals surface area contributed by atoms with E-state index in [9.17, 15) is 4.79 Å². The van der Waals surface area contributed by atoms with Crippen LogP contribution in [0.4, 0.5) is 0 Å². The van der Waals surface area contributed by atoms with Crippen LogP contribution in [-0.2, 0) is 16.1 Å². The van der Waals surface area contributed by atoms with Crippen LogP contribution in [0.1, 0.15) is 5.56 Å². The normalized spacial score (nSPS) is 30.2. The quantitative estimate of drug-likeness (QED) is 0.725. The predicted molar refractivity (Wildman–Crippen MR) is 97.1 cm³/mol. The maximum atomic E-state index is 11.6. The number of nitrogens with zero attached hydrogens (tertiary/aromatic N) is 3. The molecule has 0 bridgehead atoms. The molecule has 1 saturated carbocycles. The van der Waals surface area contributed by atoms with Crippen molar-refractivity contribution in [2.24, 2.45) is 17.8 Å². The second-order valence-corrected chi connectivity index (χ2v) is 7.74. The molecule has 2 aliphatic heterocycles. The number of fused-ring (bicyclic) bond motifs is 1. The molecule has 1 unspecified atom stereocenters. The molecule has 3 aliphatic rings. The maximum Gasteiger partial charge on any atom is 0.309 e. The smallest absolute Gasteiger partial charge is 0.309 e. The number of piperidine rings is 1. The Morgan fingerprint density at radius 2 is 1.56 bits per heavy atom. The van der Waals surface area contributed by atoms with Gasteiger partial charge in [0.1, 0.15) is 0 Å². The zero-order valence-electron chi connectivity index (χ0n) is 15.1. The van der Waals surface area contributed by atoms with Crippen LogP contribution in [0.25, 0.3) is 0 Å². The van der Waals surface area contributed by atoms with Gasteiger partial charge in [0, 0.05) is 58.9 Å². The molecule has 0 radical (unpaired) electrons. The van der Waals surface area contributed by atoms with E-state index in [0.29, 0.717) is 11.8 Å². The van der Waals surface area contributed by atoms with Crippen LogP contribution in [0.3, 0.4) is 0 Å². The highest BCUT2D eigenvalue weighted by molar-refractivity contribution is 5.76. The van der Waals surface area contributed by atoms with Gasteiger partial charge in [-0.15, -0.1) is 0 Å². The fourth-order valence-corrected chi connectivity index (χ4v) is 4.58. The van der Waals surface area contributed by atoms with Crippen LogP contribution < -0.4 is 0 Å². The minimum absolute atomic E-state index is 0.00388. The standard InChI is InChI=1S/C20H29N3O2/c1-25-20(24)19-17-14-23(15-18(17)19)12-9-21-7-10-22(11-8-21)13-16-5-3-2-4-6-16/h2-6,17-19H,7-15H2,1H3/t17-,18+,19?. The fourth-order valence-electron chi connectivity index (χ4n) is 4.58. The van der Waals surface area contributed by atoms with E-state index in [1.807, 2.05) is 0 Å². The fraction of sp³-hybridized carbons (Fsp3) is 0.650. The Labute approximate surface area is 150 Å². The third kappa shape index (κ3) is 3.89. The van der Waals surface area contributed by atoms with E-state index < -0.39 is 0 Å². The van der Waals surface area contributed by atoms with Gasteiger partial charge in [-0.25, -0.2) is 0 Å². The molecular weight excluding hydrogens is 314 g/mol. The van der Waals surface area contributed by atoms with Crippen LogP contribution in [0.5, 0.6) is 0 Å². The van der Waals surface area contributed by atoms with Crippen molar-refractivity contribution in [3.8, 4) is 0 Å². The van der Waals surface area contributed by atoms with Crippen LogP contribution in [-0.4, -0.2) is 80.1 Å². The van der Waals surface area contributed by atoms with Crippen LogP contribution in [0.15, 0.2) is 30.3 Å². The monoisotopic (exact) mass is 343 g/mol. The highest BCUT2D eigenvalue weighted by Crippen LogP contribution is 2.52. The zero-order chi connectivity index (χ0) is 17.2. The van der Waals surface area contributed by atoms with Gasteiger partial charge in [0.05, 0.1) is 13.0 Å². The summed E-state index contributed by atoms with van der Waals surface area (Å²) in [6, 6.07) is 10.8. The molecule has 2 heterocycles. The second kappa shape index (κ2) is 7.44. The Kier molecular flexibility index (Phi) is 5.06. The first kappa shape index (κ1) is 17.0. The Hall–Kier alpha value is -1.43. The van der Waals surface area contributed by atoms with Gasteiger partial charge in [0.25, 0.3) is 0 Å². The number of methoxy groups -OCH3 is 1. The average Bonchev–Trinajstić information content (AvgIpc) is 3.16. The van der Waals surface area contributed by atoms with Crippen LogP contribution in [0.2, 0.25) is 0 Å². The molecule has 3 atom stereocenters. The first-order valence-electron chi connectivity index (χ1n) is 9.53. The number of hydrogen-bond donors (Lipinski definition) is 0. The lowest BCUT2D eigenvalue weighted by molar-refractivity contribution is -0.143. The summed E-state index contributed by atoms with van der Waals surface area (Å²) in [6.07, 6.45) is 0. The minimum atomic E-state index is 0.00388. The number of rotatable bonds is 6. The number of piperazine rings is 1. The maximum absolute atomic E-state index is 11.6. The van der Waals surface area contributed by atoms with E-state index in [-0.39, 0.29) is 11.9 Å². The van der Waals surface area contributed by atoms with E-state index in [2.05, 4.69) is 45.0 Å². The van der Waals surface area contributed by atoms with Crippen molar-refractivity contribution in [1.29, 1.82) is 0 Å². The first-order chi connectivity index (χ1) is 12.2. The lowest BCUT2D eigenvalue weighted by Gasteiger charge is -2.35. The Bertz CT molecular complexity index is 574. The van der Waals surface area contributed by atoms with E-state index in [0.717, 1.165) is 58.9 Å². The number of carbonyl (C=O) groups is 1. The van der Waals surface area contributed by atoms with Crippen molar-refractivity contribution in [1.82, 2.24) is 14.7 Å². The van der Waals surface area contributed by atoms with E-state index in [4.69, 9.17) is 4.74 Å². The molecule has 0 spiro atoms. The molecule has 0 N–H and O–H groups in total. The zero-order valence-corrected chi connectivity index (χ0v) is 15.1. The van der Waals surface area contributed by atoms with Crippen molar-refractivity contribution < 1.29 is 9.53 Å². The summed E-state index contributed by atoms with van der Waals surface area (Å²) in [4.78, 5) is 19.3. The molecule has 2 saturated heterocycles. The summed E-state index contributed by atoms with van der Waals surface area (Å²) in [7, 11) is 1.51. The van der Waals surface area contributed by atoms with Gasteiger partial charge in [0.2, 0.25) is 0 Å². The summed E-state index contributed by atoms with van der Waals surface area (Å²) < 4.78 is 4.88. The highest BCUT2D eigenvalue weighted by Gasteiger charge is 2.59. The van der Waals surface area contributed by atoms with Gasteiger partial charge >= 0.3 is 5.97 Å². The van der Waals surface area contributed by atoms with E-state index in [1.165, 1.54) is 12.7 Å². The lowest BCUT2D eigenvalue weighted by Crippen LogP contribution is -2.48. The summed E-state index contributed by atoms with van der Waals surface area (Å²) in [5, 5.41) is 0. The van der Waals surface area contributed by atoms with E-state index in [1.54, 1.807) is 0 Å². The molecule has 136 valence electrons. The number of likely N-dealkylation sites (tertiary alicyclic amines) is 1. The van der Waals surface area contributed by atoms with Gasteiger partial charge in [-0.1, -0.05) is 30.3 Å². The second-order valence-electron chi connectivity index (χ2n) is 7.74. The molecule has 5 nitrogen and oxygen atoms in total.